The maximum atomic E-state index is 11.7. The van der Waals surface area contributed by atoms with E-state index in [4.69, 9.17) is 5.11 Å². The Hall–Kier alpha value is -0.570. The van der Waals surface area contributed by atoms with Crippen molar-refractivity contribution >= 4 is 5.91 Å². The lowest BCUT2D eigenvalue weighted by molar-refractivity contribution is -0.127. The molecule has 82 valence electrons. The van der Waals surface area contributed by atoms with Crippen molar-refractivity contribution in [2.75, 3.05) is 6.61 Å². The van der Waals surface area contributed by atoms with Gasteiger partial charge in [0.1, 0.15) is 0 Å². The highest BCUT2D eigenvalue weighted by atomic mass is 16.3. The molecule has 1 aliphatic carbocycles. The molecule has 0 bridgehead atoms. The Morgan fingerprint density at radius 3 is 2.57 bits per heavy atom. The van der Waals surface area contributed by atoms with Gasteiger partial charge in [0.25, 0.3) is 0 Å². The van der Waals surface area contributed by atoms with Crippen LogP contribution in [-0.4, -0.2) is 23.2 Å². The highest BCUT2D eigenvalue weighted by Gasteiger charge is 2.35. The molecule has 0 heterocycles. The maximum absolute atomic E-state index is 11.7. The minimum atomic E-state index is -0.444. The van der Waals surface area contributed by atoms with Crippen molar-refractivity contribution in [2.24, 2.45) is 11.8 Å². The third-order valence-electron chi connectivity index (χ3n) is 3.30. The fourth-order valence-electron chi connectivity index (χ4n) is 1.46. The van der Waals surface area contributed by atoms with E-state index < -0.39 is 5.54 Å². The number of aliphatic hydroxyl groups is 1. The zero-order valence-corrected chi connectivity index (χ0v) is 9.34. The van der Waals surface area contributed by atoms with Crippen LogP contribution in [0.15, 0.2) is 0 Å². The van der Waals surface area contributed by atoms with E-state index >= 15 is 0 Å². The Kier molecular flexibility index (Phi) is 3.53. The molecule has 0 aliphatic heterocycles. The molecule has 2 N–H and O–H groups in total. The van der Waals surface area contributed by atoms with Crippen molar-refractivity contribution in [1.29, 1.82) is 0 Å². The molecule has 0 aromatic carbocycles. The Morgan fingerprint density at radius 2 is 2.21 bits per heavy atom. The summed E-state index contributed by atoms with van der Waals surface area (Å²) in [4.78, 5) is 11.7. The van der Waals surface area contributed by atoms with Gasteiger partial charge in [-0.25, -0.2) is 0 Å². The molecule has 1 fully saturated rings. The minimum Gasteiger partial charge on any atom is -0.394 e. The summed E-state index contributed by atoms with van der Waals surface area (Å²) in [6, 6.07) is 0. The Bertz CT molecular complexity index is 207. The van der Waals surface area contributed by atoms with E-state index in [1.54, 1.807) is 0 Å². The molecule has 1 amide bonds. The van der Waals surface area contributed by atoms with Crippen LogP contribution >= 0.6 is 0 Å². The second-order valence-electron chi connectivity index (χ2n) is 4.69. The Morgan fingerprint density at radius 1 is 1.64 bits per heavy atom. The van der Waals surface area contributed by atoms with E-state index in [0.29, 0.717) is 5.92 Å². The number of nitrogens with one attached hydrogen (secondary N) is 1. The molecule has 0 aromatic heterocycles. The Balaban J connectivity index is 2.45. The molecule has 2 unspecified atom stereocenters. The van der Waals surface area contributed by atoms with Gasteiger partial charge in [-0.15, -0.1) is 0 Å². The van der Waals surface area contributed by atoms with Crippen molar-refractivity contribution in [2.45, 2.75) is 45.6 Å². The van der Waals surface area contributed by atoms with Gasteiger partial charge in [-0.2, -0.15) is 0 Å². The average Bonchev–Trinajstić information content (AvgIpc) is 2.99. The van der Waals surface area contributed by atoms with Gasteiger partial charge in [0.2, 0.25) is 5.91 Å². The lowest BCUT2D eigenvalue weighted by atomic mass is 9.97. The molecule has 2 atom stereocenters. The summed E-state index contributed by atoms with van der Waals surface area (Å²) in [5.41, 5.74) is -0.444. The number of rotatable bonds is 5. The summed E-state index contributed by atoms with van der Waals surface area (Å²) in [5, 5.41) is 12.1. The molecule has 14 heavy (non-hydrogen) atoms. The first-order valence-electron chi connectivity index (χ1n) is 5.45. The number of hydrogen-bond acceptors (Lipinski definition) is 2. The van der Waals surface area contributed by atoms with Gasteiger partial charge < -0.3 is 10.4 Å². The van der Waals surface area contributed by atoms with E-state index in [0.717, 1.165) is 6.42 Å². The summed E-state index contributed by atoms with van der Waals surface area (Å²) >= 11 is 0. The molecule has 1 rings (SSSR count). The standard InChI is InChI=1S/C11H21NO2/c1-4-11(3,7-13)12-10(14)8(2)9-5-6-9/h8-9,13H,4-7H2,1-3H3,(H,12,14). The van der Waals surface area contributed by atoms with Gasteiger partial charge in [-0.1, -0.05) is 13.8 Å². The number of carbonyl (C=O) groups is 1. The first-order chi connectivity index (χ1) is 6.52. The second-order valence-corrected chi connectivity index (χ2v) is 4.69. The number of amides is 1. The molecule has 0 saturated heterocycles. The monoisotopic (exact) mass is 199 g/mol. The van der Waals surface area contributed by atoms with Crippen LogP contribution in [-0.2, 0) is 4.79 Å². The van der Waals surface area contributed by atoms with Gasteiger partial charge in [0.05, 0.1) is 12.1 Å². The van der Waals surface area contributed by atoms with Crippen molar-refractivity contribution in [3.05, 3.63) is 0 Å². The maximum Gasteiger partial charge on any atom is 0.223 e. The highest BCUT2D eigenvalue weighted by Crippen LogP contribution is 2.36. The van der Waals surface area contributed by atoms with Crippen LogP contribution in [0.1, 0.15) is 40.0 Å². The first kappa shape index (κ1) is 11.5. The molecular formula is C11H21NO2. The van der Waals surface area contributed by atoms with Crippen LogP contribution < -0.4 is 5.32 Å². The SMILES string of the molecule is CCC(C)(CO)NC(=O)C(C)C1CC1. The predicted molar refractivity (Wildman–Crippen MR) is 55.8 cm³/mol. The molecule has 3 heteroatoms. The number of carbonyl (C=O) groups excluding carboxylic acids is 1. The summed E-state index contributed by atoms with van der Waals surface area (Å²) in [6.07, 6.45) is 3.11. The molecule has 0 radical (unpaired) electrons. The average molecular weight is 199 g/mol. The summed E-state index contributed by atoms with van der Waals surface area (Å²) < 4.78 is 0. The van der Waals surface area contributed by atoms with Gasteiger partial charge in [0.15, 0.2) is 0 Å². The lowest BCUT2D eigenvalue weighted by Crippen LogP contribution is -2.50. The van der Waals surface area contributed by atoms with E-state index in [2.05, 4.69) is 5.32 Å². The first-order valence-corrected chi connectivity index (χ1v) is 5.45. The highest BCUT2D eigenvalue weighted by molar-refractivity contribution is 5.79. The van der Waals surface area contributed by atoms with Gasteiger partial charge in [-0.05, 0) is 32.1 Å². The third-order valence-corrected chi connectivity index (χ3v) is 3.30. The molecule has 1 saturated carbocycles. The van der Waals surface area contributed by atoms with Crippen LogP contribution in [0, 0.1) is 11.8 Å². The number of aliphatic hydroxyl groups excluding tert-OH is 1. The summed E-state index contributed by atoms with van der Waals surface area (Å²) in [6.45, 7) is 5.83. The summed E-state index contributed by atoms with van der Waals surface area (Å²) in [5.74, 6) is 0.771. The zero-order valence-electron chi connectivity index (χ0n) is 9.34. The normalized spacial score (nSPS) is 22.6. The van der Waals surface area contributed by atoms with Gasteiger partial charge in [-0.3, -0.25) is 4.79 Å². The van der Waals surface area contributed by atoms with Crippen molar-refractivity contribution in [3.8, 4) is 0 Å². The number of hydrogen-bond donors (Lipinski definition) is 2. The van der Waals surface area contributed by atoms with Crippen LogP contribution in [0.5, 0.6) is 0 Å². The fourth-order valence-corrected chi connectivity index (χ4v) is 1.46. The van der Waals surface area contributed by atoms with E-state index in [-0.39, 0.29) is 18.4 Å². The van der Waals surface area contributed by atoms with E-state index in [1.807, 2.05) is 20.8 Å². The van der Waals surface area contributed by atoms with Gasteiger partial charge in [0, 0.05) is 5.92 Å². The molecular weight excluding hydrogens is 178 g/mol. The molecule has 0 aromatic rings. The minimum absolute atomic E-state index is 0.00657. The fraction of sp³-hybridized carbons (Fsp3) is 0.909. The third kappa shape index (κ3) is 2.71. The van der Waals surface area contributed by atoms with Crippen LogP contribution in [0.2, 0.25) is 0 Å². The predicted octanol–water partition coefficient (Wildman–Crippen LogP) is 1.31. The lowest BCUT2D eigenvalue weighted by Gasteiger charge is -2.28. The van der Waals surface area contributed by atoms with Gasteiger partial charge >= 0.3 is 0 Å². The molecule has 0 spiro atoms. The van der Waals surface area contributed by atoms with Crippen molar-refractivity contribution in [3.63, 3.8) is 0 Å². The molecule has 1 aliphatic rings. The van der Waals surface area contributed by atoms with Crippen molar-refractivity contribution < 1.29 is 9.90 Å². The summed E-state index contributed by atoms with van der Waals surface area (Å²) in [7, 11) is 0. The van der Waals surface area contributed by atoms with E-state index in [9.17, 15) is 4.79 Å². The van der Waals surface area contributed by atoms with Crippen LogP contribution in [0.3, 0.4) is 0 Å². The molecule has 3 nitrogen and oxygen atoms in total. The van der Waals surface area contributed by atoms with Crippen LogP contribution in [0.4, 0.5) is 0 Å². The topological polar surface area (TPSA) is 49.3 Å². The largest absolute Gasteiger partial charge is 0.394 e. The smallest absolute Gasteiger partial charge is 0.223 e. The second kappa shape index (κ2) is 4.30. The quantitative estimate of drug-likeness (QED) is 0.701. The van der Waals surface area contributed by atoms with Crippen LogP contribution in [0.25, 0.3) is 0 Å². The Labute approximate surface area is 85.9 Å². The van der Waals surface area contributed by atoms with E-state index in [1.165, 1.54) is 12.8 Å². The zero-order chi connectivity index (χ0) is 10.8. The van der Waals surface area contributed by atoms with Crippen molar-refractivity contribution in [1.82, 2.24) is 5.32 Å².